The lowest BCUT2D eigenvalue weighted by Crippen LogP contribution is -2.15. The van der Waals surface area contributed by atoms with E-state index < -0.39 is 0 Å². The fourth-order valence-electron chi connectivity index (χ4n) is 3.07. The molecule has 130 valence electrons. The standard InChI is InChI=1S/C20H21ClN2O2/c21-17-8-6-16(7-9-17)18(11-14-3-1-2-4-14)20(25)23-19-10-5-15(13-24)12-22-19/h5-12,14,24H,1-4,13H2,(H,22,23,25)/b18-11-. The fourth-order valence-corrected chi connectivity index (χ4v) is 3.19. The summed E-state index contributed by atoms with van der Waals surface area (Å²) in [5.74, 6) is 0.716. The summed E-state index contributed by atoms with van der Waals surface area (Å²) in [6, 6.07) is 10.8. The second kappa shape index (κ2) is 8.28. The molecule has 4 nitrogen and oxygen atoms in total. The Labute approximate surface area is 152 Å². The summed E-state index contributed by atoms with van der Waals surface area (Å²) in [4.78, 5) is 17.0. The zero-order valence-corrected chi connectivity index (χ0v) is 14.7. The van der Waals surface area contributed by atoms with E-state index >= 15 is 0 Å². The normalized spacial score (nSPS) is 15.4. The summed E-state index contributed by atoms with van der Waals surface area (Å²) in [6.07, 6.45) is 8.29. The molecule has 5 heteroatoms. The number of rotatable bonds is 5. The number of anilines is 1. The van der Waals surface area contributed by atoms with Crippen molar-refractivity contribution in [3.8, 4) is 0 Å². The molecule has 0 bridgehead atoms. The van der Waals surface area contributed by atoms with Gasteiger partial charge in [-0.2, -0.15) is 0 Å². The predicted molar refractivity (Wildman–Crippen MR) is 100 cm³/mol. The number of allylic oxidation sites excluding steroid dienone is 1. The van der Waals surface area contributed by atoms with Crippen LogP contribution in [0.25, 0.3) is 5.57 Å². The van der Waals surface area contributed by atoms with Gasteiger partial charge in [-0.3, -0.25) is 4.79 Å². The van der Waals surface area contributed by atoms with Crippen LogP contribution in [0.1, 0.15) is 36.8 Å². The number of hydrogen-bond acceptors (Lipinski definition) is 3. The molecular weight excluding hydrogens is 336 g/mol. The largest absolute Gasteiger partial charge is 0.392 e. The van der Waals surface area contributed by atoms with Gasteiger partial charge in [0, 0.05) is 16.8 Å². The fraction of sp³-hybridized carbons (Fsp3) is 0.300. The first-order chi connectivity index (χ1) is 12.2. The second-order valence-corrected chi connectivity index (χ2v) is 6.73. The molecule has 1 aromatic heterocycles. The number of nitrogens with zero attached hydrogens (tertiary/aromatic N) is 1. The zero-order chi connectivity index (χ0) is 17.6. The van der Waals surface area contributed by atoms with Crippen molar-refractivity contribution >= 4 is 28.9 Å². The number of pyridine rings is 1. The summed E-state index contributed by atoms with van der Waals surface area (Å²) >= 11 is 5.97. The summed E-state index contributed by atoms with van der Waals surface area (Å²) < 4.78 is 0. The van der Waals surface area contributed by atoms with E-state index in [0.717, 1.165) is 18.4 Å². The van der Waals surface area contributed by atoms with Crippen molar-refractivity contribution in [2.75, 3.05) is 5.32 Å². The third kappa shape index (κ3) is 4.68. The van der Waals surface area contributed by atoms with Gasteiger partial charge in [0.15, 0.2) is 0 Å². The maximum Gasteiger partial charge on any atom is 0.257 e. The van der Waals surface area contributed by atoms with Crippen LogP contribution in [0.5, 0.6) is 0 Å². The maximum atomic E-state index is 12.8. The number of hydrogen-bond donors (Lipinski definition) is 2. The Balaban J connectivity index is 1.84. The van der Waals surface area contributed by atoms with Crippen LogP contribution in [-0.2, 0) is 11.4 Å². The first-order valence-corrected chi connectivity index (χ1v) is 8.88. The van der Waals surface area contributed by atoms with Gasteiger partial charge in [-0.25, -0.2) is 4.98 Å². The SMILES string of the molecule is O=C(Nc1ccc(CO)cn1)/C(=C\C1CCCC1)c1ccc(Cl)cc1. The van der Waals surface area contributed by atoms with Gasteiger partial charge in [0.1, 0.15) is 5.82 Å². The molecule has 1 aliphatic rings. The number of carbonyl (C=O) groups is 1. The van der Waals surface area contributed by atoms with Crippen LogP contribution in [0.2, 0.25) is 5.02 Å². The summed E-state index contributed by atoms with van der Waals surface area (Å²) in [5.41, 5.74) is 2.20. The van der Waals surface area contributed by atoms with Crippen molar-refractivity contribution in [3.63, 3.8) is 0 Å². The van der Waals surface area contributed by atoms with E-state index in [4.69, 9.17) is 16.7 Å². The average Bonchev–Trinajstić information content (AvgIpc) is 3.14. The topological polar surface area (TPSA) is 62.2 Å². The molecule has 3 rings (SSSR count). The molecule has 1 heterocycles. The van der Waals surface area contributed by atoms with Crippen LogP contribution in [0.4, 0.5) is 5.82 Å². The molecule has 1 aliphatic carbocycles. The van der Waals surface area contributed by atoms with Crippen molar-refractivity contribution in [3.05, 3.63) is 64.8 Å². The molecule has 0 unspecified atom stereocenters. The summed E-state index contributed by atoms with van der Waals surface area (Å²) in [7, 11) is 0. The molecule has 1 saturated carbocycles. The van der Waals surface area contributed by atoms with Crippen LogP contribution in [0, 0.1) is 5.92 Å². The van der Waals surface area contributed by atoms with Crippen molar-refractivity contribution in [2.24, 2.45) is 5.92 Å². The van der Waals surface area contributed by atoms with Crippen molar-refractivity contribution in [2.45, 2.75) is 32.3 Å². The van der Waals surface area contributed by atoms with Gasteiger partial charge in [-0.1, -0.05) is 48.7 Å². The summed E-state index contributed by atoms with van der Waals surface area (Å²) in [5, 5.41) is 12.6. The average molecular weight is 357 g/mol. The molecule has 2 N–H and O–H groups in total. The molecule has 1 amide bonds. The number of benzene rings is 1. The third-order valence-corrected chi connectivity index (χ3v) is 4.70. The van der Waals surface area contributed by atoms with Gasteiger partial charge >= 0.3 is 0 Å². The van der Waals surface area contributed by atoms with Crippen LogP contribution >= 0.6 is 11.6 Å². The molecule has 0 radical (unpaired) electrons. The number of nitrogens with one attached hydrogen (secondary N) is 1. The van der Waals surface area contributed by atoms with Crippen molar-refractivity contribution < 1.29 is 9.90 Å². The van der Waals surface area contributed by atoms with Gasteiger partial charge in [-0.05, 0) is 48.1 Å². The molecule has 2 aromatic rings. The quantitative estimate of drug-likeness (QED) is 0.778. The highest BCUT2D eigenvalue weighted by Crippen LogP contribution is 2.30. The van der Waals surface area contributed by atoms with E-state index in [9.17, 15) is 4.79 Å². The Bertz CT molecular complexity index is 748. The number of carbonyl (C=O) groups excluding carboxylic acids is 1. The lowest BCUT2D eigenvalue weighted by atomic mass is 9.98. The lowest BCUT2D eigenvalue weighted by molar-refractivity contribution is -0.111. The second-order valence-electron chi connectivity index (χ2n) is 6.30. The van der Waals surface area contributed by atoms with Gasteiger partial charge in [-0.15, -0.1) is 0 Å². The predicted octanol–water partition coefficient (Wildman–Crippen LogP) is 4.44. The maximum absolute atomic E-state index is 12.8. The van der Waals surface area contributed by atoms with E-state index in [2.05, 4.69) is 16.4 Å². The lowest BCUT2D eigenvalue weighted by Gasteiger charge is -2.12. The van der Waals surface area contributed by atoms with E-state index in [1.165, 1.54) is 12.8 Å². The highest BCUT2D eigenvalue weighted by Gasteiger charge is 2.18. The monoisotopic (exact) mass is 356 g/mol. The highest BCUT2D eigenvalue weighted by atomic mass is 35.5. The zero-order valence-electron chi connectivity index (χ0n) is 13.9. The third-order valence-electron chi connectivity index (χ3n) is 4.45. The van der Waals surface area contributed by atoms with Crippen molar-refractivity contribution in [1.29, 1.82) is 0 Å². The van der Waals surface area contributed by atoms with E-state index in [0.29, 0.717) is 27.9 Å². The molecule has 1 fully saturated rings. The molecule has 0 aliphatic heterocycles. The Kier molecular flexibility index (Phi) is 5.84. The van der Waals surface area contributed by atoms with Gasteiger partial charge in [0.25, 0.3) is 5.91 Å². The van der Waals surface area contributed by atoms with Gasteiger partial charge in [0.05, 0.1) is 6.61 Å². The molecule has 0 atom stereocenters. The van der Waals surface area contributed by atoms with E-state index in [1.807, 2.05) is 12.1 Å². The molecule has 1 aromatic carbocycles. The molecular formula is C20H21ClN2O2. The molecule has 25 heavy (non-hydrogen) atoms. The van der Waals surface area contributed by atoms with Crippen LogP contribution in [-0.4, -0.2) is 16.0 Å². The number of aliphatic hydroxyl groups is 1. The minimum Gasteiger partial charge on any atom is -0.392 e. The van der Waals surface area contributed by atoms with Crippen LogP contribution in [0.3, 0.4) is 0 Å². The minimum absolute atomic E-state index is 0.0706. The highest BCUT2D eigenvalue weighted by molar-refractivity contribution is 6.31. The molecule has 0 spiro atoms. The number of amides is 1. The van der Waals surface area contributed by atoms with Gasteiger partial charge < -0.3 is 10.4 Å². The Morgan fingerprint density at radius 2 is 1.92 bits per heavy atom. The Morgan fingerprint density at radius 3 is 2.52 bits per heavy atom. The van der Waals surface area contributed by atoms with Crippen LogP contribution < -0.4 is 5.32 Å². The van der Waals surface area contributed by atoms with Crippen LogP contribution in [0.15, 0.2) is 48.7 Å². The minimum atomic E-state index is -0.182. The number of aromatic nitrogens is 1. The summed E-state index contributed by atoms with van der Waals surface area (Å²) in [6.45, 7) is -0.0706. The number of aliphatic hydroxyl groups excluding tert-OH is 1. The van der Waals surface area contributed by atoms with Gasteiger partial charge in [0.2, 0.25) is 0 Å². The first kappa shape index (κ1) is 17.6. The number of halogens is 1. The van der Waals surface area contributed by atoms with Crippen molar-refractivity contribution in [1.82, 2.24) is 4.98 Å². The Morgan fingerprint density at radius 1 is 1.20 bits per heavy atom. The molecule has 0 saturated heterocycles. The smallest absolute Gasteiger partial charge is 0.257 e. The Hall–Kier alpha value is -2.17. The first-order valence-electron chi connectivity index (χ1n) is 8.50. The van der Waals surface area contributed by atoms with E-state index in [1.54, 1.807) is 30.5 Å². The van der Waals surface area contributed by atoms with E-state index in [-0.39, 0.29) is 12.5 Å².